The van der Waals surface area contributed by atoms with Gasteiger partial charge in [0.15, 0.2) is 0 Å². The highest BCUT2D eigenvalue weighted by Gasteiger charge is 2.30. The first-order valence-electron chi connectivity index (χ1n) is 10.9. The zero-order chi connectivity index (χ0) is 23.4. The van der Waals surface area contributed by atoms with Crippen LogP contribution in [0.1, 0.15) is 37.5 Å². The Kier molecular flexibility index (Phi) is 6.65. The summed E-state index contributed by atoms with van der Waals surface area (Å²) in [7, 11) is 1.57. The van der Waals surface area contributed by atoms with E-state index in [2.05, 4.69) is 4.98 Å². The van der Waals surface area contributed by atoms with Crippen molar-refractivity contribution in [3.63, 3.8) is 0 Å². The number of hydrogen-bond donors (Lipinski definition) is 1. The van der Waals surface area contributed by atoms with Gasteiger partial charge in [-0.25, -0.2) is 0 Å². The summed E-state index contributed by atoms with van der Waals surface area (Å²) in [5.74, 6) is -0.607. The molecule has 0 saturated heterocycles. The zero-order valence-electron chi connectivity index (χ0n) is 18.5. The number of hydrogen-bond acceptors (Lipinski definition) is 5. The number of nitrogens with zero attached hydrogens (tertiary/aromatic N) is 4. The van der Waals surface area contributed by atoms with Crippen molar-refractivity contribution < 1.29 is 14.7 Å². The van der Waals surface area contributed by atoms with Crippen molar-refractivity contribution in [3.8, 4) is 0 Å². The van der Waals surface area contributed by atoms with Crippen molar-refractivity contribution in [2.45, 2.75) is 19.5 Å². The molecule has 0 unspecified atom stereocenters. The first kappa shape index (κ1) is 22.4. The molecular formula is C25H26N4O4. The van der Waals surface area contributed by atoms with Gasteiger partial charge in [-0.3, -0.25) is 19.4 Å². The normalized spacial score (nSPS) is 12.8. The van der Waals surface area contributed by atoms with Crippen LogP contribution in [-0.4, -0.2) is 63.0 Å². The maximum atomic E-state index is 13.4. The summed E-state index contributed by atoms with van der Waals surface area (Å²) >= 11 is 0. The van der Waals surface area contributed by atoms with Crippen molar-refractivity contribution in [1.29, 1.82) is 0 Å². The summed E-state index contributed by atoms with van der Waals surface area (Å²) in [6.45, 7) is 0.913. The molecule has 0 aliphatic carbocycles. The molecule has 0 spiro atoms. The minimum Gasteiger partial charge on any atom is -0.395 e. The Morgan fingerprint density at radius 3 is 2.58 bits per heavy atom. The number of carbonyl (C=O) groups excluding carboxylic acids is 2. The molecule has 2 amide bonds. The molecule has 1 aliphatic rings. The largest absolute Gasteiger partial charge is 0.395 e. The van der Waals surface area contributed by atoms with Crippen LogP contribution in [0, 0.1) is 0 Å². The van der Waals surface area contributed by atoms with E-state index in [1.54, 1.807) is 42.5 Å². The van der Waals surface area contributed by atoms with E-state index in [4.69, 9.17) is 0 Å². The van der Waals surface area contributed by atoms with Crippen LogP contribution >= 0.6 is 0 Å². The summed E-state index contributed by atoms with van der Waals surface area (Å²) in [5, 5.41) is 9.27. The maximum Gasteiger partial charge on any atom is 0.272 e. The van der Waals surface area contributed by atoms with Gasteiger partial charge < -0.3 is 19.5 Å². The number of carbonyl (C=O) groups is 2. The van der Waals surface area contributed by atoms with E-state index in [1.807, 2.05) is 30.3 Å². The third-order valence-electron chi connectivity index (χ3n) is 5.83. The molecular weight excluding hydrogens is 420 g/mol. The number of rotatable bonds is 6. The highest BCUT2D eigenvalue weighted by Crippen LogP contribution is 2.23. The summed E-state index contributed by atoms with van der Waals surface area (Å²) in [6.07, 6.45) is 3.73. The first-order valence-corrected chi connectivity index (χ1v) is 10.9. The number of pyridine rings is 2. The minimum absolute atomic E-state index is 0.115. The summed E-state index contributed by atoms with van der Waals surface area (Å²) in [6, 6.07) is 14.7. The van der Waals surface area contributed by atoms with Gasteiger partial charge in [0.2, 0.25) is 0 Å². The third kappa shape index (κ3) is 4.70. The van der Waals surface area contributed by atoms with Crippen LogP contribution in [0.25, 0.3) is 0 Å². The zero-order valence-corrected chi connectivity index (χ0v) is 18.5. The number of benzene rings is 1. The summed E-state index contributed by atoms with van der Waals surface area (Å²) in [4.78, 5) is 46.7. The molecule has 1 aliphatic heterocycles. The smallest absolute Gasteiger partial charge is 0.272 e. The van der Waals surface area contributed by atoms with Crippen molar-refractivity contribution in [2.75, 3.05) is 26.7 Å². The van der Waals surface area contributed by atoms with E-state index in [0.29, 0.717) is 30.8 Å². The van der Waals surface area contributed by atoms with Gasteiger partial charge in [0, 0.05) is 39.1 Å². The van der Waals surface area contributed by atoms with Gasteiger partial charge in [0.1, 0.15) is 11.3 Å². The topological polar surface area (TPSA) is 95.7 Å². The van der Waals surface area contributed by atoms with Crippen LogP contribution in [0.15, 0.2) is 65.7 Å². The van der Waals surface area contributed by atoms with Gasteiger partial charge >= 0.3 is 0 Å². The number of likely N-dealkylation sites (N-methyl/N-ethyl adjacent to an activating group) is 1. The highest BCUT2D eigenvalue weighted by molar-refractivity contribution is 5.96. The van der Waals surface area contributed by atoms with Crippen LogP contribution in [0.2, 0.25) is 0 Å². The van der Waals surface area contributed by atoms with E-state index in [-0.39, 0.29) is 36.7 Å². The van der Waals surface area contributed by atoms with Gasteiger partial charge in [0.25, 0.3) is 17.4 Å². The number of aromatic nitrogens is 2. The molecule has 1 N–H and O–H groups in total. The lowest BCUT2D eigenvalue weighted by Crippen LogP contribution is -2.42. The van der Waals surface area contributed by atoms with Crippen LogP contribution in [-0.2, 0) is 19.5 Å². The fraction of sp³-hybridized carbons (Fsp3) is 0.280. The minimum atomic E-state index is -0.419. The van der Waals surface area contributed by atoms with Crippen LogP contribution in [0.5, 0.6) is 0 Å². The van der Waals surface area contributed by atoms with Gasteiger partial charge in [-0.05, 0) is 35.2 Å². The lowest BCUT2D eigenvalue weighted by atomic mass is 9.95. The Morgan fingerprint density at radius 1 is 1.12 bits per heavy atom. The van der Waals surface area contributed by atoms with Crippen LogP contribution in [0.4, 0.5) is 0 Å². The molecule has 0 atom stereocenters. The van der Waals surface area contributed by atoms with E-state index in [0.717, 1.165) is 11.1 Å². The van der Waals surface area contributed by atoms with E-state index >= 15 is 0 Å². The molecule has 0 bridgehead atoms. The number of amides is 2. The Hall–Kier alpha value is -3.78. The fourth-order valence-corrected chi connectivity index (χ4v) is 4.10. The number of aliphatic hydroxyl groups is 1. The molecule has 0 fully saturated rings. The second-order valence-electron chi connectivity index (χ2n) is 8.07. The lowest BCUT2D eigenvalue weighted by molar-refractivity contribution is 0.0726. The van der Waals surface area contributed by atoms with Crippen molar-refractivity contribution in [3.05, 3.63) is 99.2 Å². The lowest BCUT2D eigenvalue weighted by Gasteiger charge is -2.31. The molecule has 33 heavy (non-hydrogen) atoms. The molecule has 8 nitrogen and oxygen atoms in total. The number of fused-ring (bicyclic) bond motifs is 1. The predicted octanol–water partition coefficient (Wildman–Crippen LogP) is 1.55. The molecule has 3 heterocycles. The Bertz CT molecular complexity index is 1210. The highest BCUT2D eigenvalue weighted by atomic mass is 16.3. The van der Waals surface area contributed by atoms with Gasteiger partial charge in [-0.2, -0.15) is 0 Å². The molecule has 8 heteroatoms. The van der Waals surface area contributed by atoms with Crippen molar-refractivity contribution in [2.24, 2.45) is 0 Å². The second-order valence-corrected chi connectivity index (χ2v) is 8.07. The van der Waals surface area contributed by atoms with Gasteiger partial charge in [-0.1, -0.05) is 36.4 Å². The average Bonchev–Trinajstić information content (AvgIpc) is 2.85. The Labute approximate surface area is 191 Å². The third-order valence-corrected chi connectivity index (χ3v) is 5.83. The quantitative estimate of drug-likeness (QED) is 0.620. The SMILES string of the molecule is CN(CCO)C(=O)c1c2c(cn(Cc3ccccc3)c1=O)CN(C(=O)c1ccccn1)CC2. The van der Waals surface area contributed by atoms with E-state index in [1.165, 1.54) is 9.47 Å². The van der Waals surface area contributed by atoms with Crippen molar-refractivity contribution in [1.82, 2.24) is 19.4 Å². The van der Waals surface area contributed by atoms with Crippen molar-refractivity contribution >= 4 is 11.8 Å². The first-order chi connectivity index (χ1) is 16.0. The van der Waals surface area contributed by atoms with Gasteiger partial charge in [0.05, 0.1) is 13.2 Å². The Morgan fingerprint density at radius 2 is 1.88 bits per heavy atom. The average molecular weight is 447 g/mol. The standard InChI is InChI=1S/C25H26N4O4/c1-27(13-14-30)24(32)22-20-10-12-28(23(31)21-9-5-6-11-26-21)16-19(20)17-29(25(22)33)15-18-7-3-2-4-8-18/h2-9,11,17,30H,10,12-16H2,1H3. The molecule has 4 rings (SSSR count). The van der Waals surface area contributed by atoms with Crippen LogP contribution in [0.3, 0.4) is 0 Å². The fourth-order valence-electron chi connectivity index (χ4n) is 4.10. The molecule has 1 aromatic carbocycles. The second kappa shape index (κ2) is 9.79. The van der Waals surface area contributed by atoms with E-state index in [9.17, 15) is 19.5 Å². The molecule has 0 saturated carbocycles. The van der Waals surface area contributed by atoms with Gasteiger partial charge in [-0.15, -0.1) is 0 Å². The molecule has 170 valence electrons. The Balaban J connectivity index is 1.75. The maximum absolute atomic E-state index is 13.4. The molecule has 2 aromatic heterocycles. The number of aliphatic hydroxyl groups excluding tert-OH is 1. The molecule has 3 aromatic rings. The monoisotopic (exact) mass is 446 g/mol. The summed E-state index contributed by atoms with van der Waals surface area (Å²) < 4.78 is 1.53. The van der Waals surface area contributed by atoms with Crippen LogP contribution < -0.4 is 5.56 Å². The predicted molar refractivity (Wildman–Crippen MR) is 123 cm³/mol. The van der Waals surface area contributed by atoms with E-state index < -0.39 is 5.91 Å². The molecule has 0 radical (unpaired) electrons. The summed E-state index contributed by atoms with van der Waals surface area (Å²) in [5.41, 5.74) is 2.48.